The van der Waals surface area contributed by atoms with Gasteiger partial charge in [-0.15, -0.1) is 0 Å². The van der Waals surface area contributed by atoms with Crippen molar-refractivity contribution in [3.8, 4) is 0 Å². The van der Waals surface area contributed by atoms with Gasteiger partial charge in [-0.2, -0.15) is 8.42 Å². The van der Waals surface area contributed by atoms with Crippen LogP contribution in [0.2, 0.25) is 0 Å². The van der Waals surface area contributed by atoms with Crippen molar-refractivity contribution in [3.63, 3.8) is 0 Å². The monoisotopic (exact) mass is 203 g/mol. The Morgan fingerprint density at radius 2 is 2.31 bits per heavy atom. The van der Waals surface area contributed by atoms with E-state index < -0.39 is 15.9 Å². The standard InChI is InChI=1S/C7H13N3O2S/c1-7(8)5-2-3-6(4-5)10(7)13(9,11)12/h3,5H,2,4,8H2,1H3,(H2,9,11,12). The van der Waals surface area contributed by atoms with Gasteiger partial charge in [0, 0.05) is 11.6 Å². The van der Waals surface area contributed by atoms with Crippen LogP contribution in [-0.2, 0) is 10.2 Å². The van der Waals surface area contributed by atoms with E-state index in [1.807, 2.05) is 6.08 Å². The van der Waals surface area contributed by atoms with Gasteiger partial charge in [0.25, 0.3) is 10.2 Å². The maximum Gasteiger partial charge on any atom is 0.300 e. The SMILES string of the molecule is CC1(N)C2CC=C(C2)N1S(N)(=O)=O. The molecule has 74 valence electrons. The fourth-order valence-electron chi connectivity index (χ4n) is 2.22. The highest BCUT2D eigenvalue weighted by atomic mass is 32.2. The Morgan fingerprint density at radius 3 is 2.62 bits per heavy atom. The molecule has 2 bridgehead atoms. The topological polar surface area (TPSA) is 89.4 Å². The highest BCUT2D eigenvalue weighted by molar-refractivity contribution is 7.87. The maximum atomic E-state index is 11.2. The van der Waals surface area contributed by atoms with Crippen LogP contribution in [0.3, 0.4) is 0 Å². The minimum absolute atomic E-state index is 0.181. The van der Waals surface area contributed by atoms with Gasteiger partial charge in [-0.05, 0) is 19.8 Å². The van der Waals surface area contributed by atoms with Crippen molar-refractivity contribution in [1.82, 2.24) is 4.31 Å². The molecule has 6 heteroatoms. The van der Waals surface area contributed by atoms with E-state index in [0.29, 0.717) is 0 Å². The lowest BCUT2D eigenvalue weighted by atomic mass is 9.96. The fraction of sp³-hybridized carbons (Fsp3) is 0.714. The van der Waals surface area contributed by atoms with Gasteiger partial charge in [-0.25, -0.2) is 9.44 Å². The molecule has 5 nitrogen and oxygen atoms in total. The number of rotatable bonds is 1. The number of nitrogens with two attached hydrogens (primary N) is 2. The molecule has 0 aromatic heterocycles. The Balaban J connectivity index is 2.50. The summed E-state index contributed by atoms with van der Waals surface area (Å²) in [7, 11) is -3.70. The summed E-state index contributed by atoms with van der Waals surface area (Å²) in [6.45, 7) is 1.71. The Morgan fingerprint density at radius 1 is 1.69 bits per heavy atom. The molecule has 13 heavy (non-hydrogen) atoms. The number of nitrogens with zero attached hydrogens (tertiary/aromatic N) is 1. The first-order chi connectivity index (χ1) is 5.83. The Hall–Kier alpha value is -0.590. The first kappa shape index (κ1) is 8.98. The largest absolute Gasteiger partial charge is 0.308 e. The minimum Gasteiger partial charge on any atom is -0.308 e. The summed E-state index contributed by atoms with van der Waals surface area (Å²) < 4.78 is 23.6. The number of hydrogen-bond acceptors (Lipinski definition) is 3. The minimum atomic E-state index is -3.70. The maximum absolute atomic E-state index is 11.2. The molecule has 1 fully saturated rings. The van der Waals surface area contributed by atoms with Crippen LogP contribution in [-0.4, -0.2) is 18.4 Å². The van der Waals surface area contributed by atoms with Crippen molar-refractivity contribution in [2.45, 2.75) is 25.4 Å². The lowest BCUT2D eigenvalue weighted by molar-refractivity contribution is 0.216. The van der Waals surface area contributed by atoms with Crippen LogP contribution in [0.5, 0.6) is 0 Å². The summed E-state index contributed by atoms with van der Waals surface area (Å²) >= 11 is 0. The van der Waals surface area contributed by atoms with Crippen LogP contribution in [0, 0.1) is 5.92 Å². The second-order valence-electron chi connectivity index (χ2n) is 3.87. The van der Waals surface area contributed by atoms with E-state index in [2.05, 4.69) is 0 Å². The van der Waals surface area contributed by atoms with Crippen LogP contribution in [0.15, 0.2) is 11.8 Å². The summed E-state index contributed by atoms with van der Waals surface area (Å²) in [6.07, 6.45) is 3.47. The predicted octanol–water partition coefficient (Wildman–Crippen LogP) is -0.526. The number of fused-ring (bicyclic) bond motifs is 2. The normalized spacial score (nSPS) is 38.2. The predicted molar refractivity (Wildman–Crippen MR) is 48.3 cm³/mol. The smallest absolute Gasteiger partial charge is 0.300 e. The van der Waals surface area contributed by atoms with Crippen molar-refractivity contribution < 1.29 is 8.42 Å². The first-order valence-corrected chi connectivity index (χ1v) is 5.65. The number of hydrogen-bond donors (Lipinski definition) is 2. The Bertz CT molecular complexity index is 371. The van der Waals surface area contributed by atoms with Gasteiger partial charge in [0.15, 0.2) is 0 Å². The van der Waals surface area contributed by atoms with Crippen molar-refractivity contribution >= 4 is 10.2 Å². The molecule has 0 spiro atoms. The van der Waals surface area contributed by atoms with Crippen molar-refractivity contribution in [2.24, 2.45) is 16.8 Å². The van der Waals surface area contributed by atoms with Crippen LogP contribution in [0.4, 0.5) is 0 Å². The molecule has 2 atom stereocenters. The Labute approximate surface area is 77.6 Å². The van der Waals surface area contributed by atoms with Crippen LogP contribution in [0.25, 0.3) is 0 Å². The van der Waals surface area contributed by atoms with Crippen LogP contribution < -0.4 is 10.9 Å². The molecule has 0 radical (unpaired) electrons. The molecule has 1 aliphatic carbocycles. The zero-order valence-corrected chi connectivity index (χ0v) is 8.21. The Kier molecular flexibility index (Phi) is 1.56. The van der Waals surface area contributed by atoms with Gasteiger partial charge < -0.3 is 5.73 Å². The molecule has 0 aromatic carbocycles. The van der Waals surface area contributed by atoms with Crippen LogP contribution >= 0.6 is 0 Å². The molecular weight excluding hydrogens is 190 g/mol. The van der Waals surface area contributed by atoms with E-state index in [9.17, 15) is 8.42 Å². The molecule has 4 N–H and O–H groups in total. The lowest BCUT2D eigenvalue weighted by Gasteiger charge is -2.36. The molecule has 0 saturated carbocycles. The van der Waals surface area contributed by atoms with E-state index >= 15 is 0 Å². The zero-order chi connectivity index (χ0) is 9.85. The highest BCUT2D eigenvalue weighted by Crippen LogP contribution is 2.46. The molecule has 1 heterocycles. The highest BCUT2D eigenvalue weighted by Gasteiger charge is 2.51. The lowest BCUT2D eigenvalue weighted by Crippen LogP contribution is -2.57. The summed E-state index contributed by atoms with van der Waals surface area (Å²) in [5.41, 5.74) is 5.83. The zero-order valence-electron chi connectivity index (χ0n) is 7.40. The fourth-order valence-corrected chi connectivity index (χ4v) is 3.39. The van der Waals surface area contributed by atoms with Crippen LogP contribution in [0.1, 0.15) is 19.8 Å². The van der Waals surface area contributed by atoms with E-state index in [1.165, 1.54) is 0 Å². The van der Waals surface area contributed by atoms with Gasteiger partial charge in [-0.1, -0.05) is 6.08 Å². The van der Waals surface area contributed by atoms with E-state index in [-0.39, 0.29) is 5.92 Å². The van der Waals surface area contributed by atoms with Crippen molar-refractivity contribution in [1.29, 1.82) is 0 Å². The number of allylic oxidation sites excluding steroid dienone is 2. The molecular formula is C7H13N3O2S. The average molecular weight is 203 g/mol. The molecule has 2 aliphatic rings. The first-order valence-electron chi connectivity index (χ1n) is 4.14. The van der Waals surface area contributed by atoms with Gasteiger partial charge >= 0.3 is 0 Å². The van der Waals surface area contributed by atoms with Crippen molar-refractivity contribution in [3.05, 3.63) is 11.8 Å². The average Bonchev–Trinajstić information content (AvgIpc) is 2.38. The van der Waals surface area contributed by atoms with Gasteiger partial charge in [0.1, 0.15) is 5.66 Å². The molecule has 2 unspecified atom stereocenters. The molecule has 1 saturated heterocycles. The third-order valence-corrected chi connectivity index (χ3v) is 4.01. The third kappa shape index (κ3) is 1.09. The van der Waals surface area contributed by atoms with Crippen molar-refractivity contribution in [2.75, 3.05) is 0 Å². The summed E-state index contributed by atoms with van der Waals surface area (Å²) in [4.78, 5) is 0. The molecule has 0 aromatic rings. The van der Waals surface area contributed by atoms with Gasteiger partial charge in [0.2, 0.25) is 0 Å². The molecule has 0 amide bonds. The molecule has 1 aliphatic heterocycles. The third-order valence-electron chi connectivity index (χ3n) is 2.87. The quantitative estimate of drug-likeness (QED) is 0.600. The van der Waals surface area contributed by atoms with E-state index in [1.54, 1.807) is 6.92 Å². The molecule has 2 rings (SSSR count). The van der Waals surface area contributed by atoms with E-state index in [4.69, 9.17) is 10.9 Å². The summed E-state index contributed by atoms with van der Waals surface area (Å²) in [5.74, 6) is 0.181. The summed E-state index contributed by atoms with van der Waals surface area (Å²) in [6, 6.07) is 0. The van der Waals surface area contributed by atoms with Gasteiger partial charge in [-0.3, -0.25) is 0 Å². The second kappa shape index (κ2) is 2.26. The van der Waals surface area contributed by atoms with E-state index in [0.717, 1.165) is 22.8 Å². The summed E-state index contributed by atoms with van der Waals surface area (Å²) in [5, 5.41) is 5.08. The van der Waals surface area contributed by atoms with Gasteiger partial charge in [0.05, 0.1) is 0 Å². The second-order valence-corrected chi connectivity index (χ2v) is 5.26.